The zero-order valence-corrected chi connectivity index (χ0v) is 12.3. The number of likely N-dealkylation sites (tertiary alicyclic amines) is 1. The zero-order valence-electron chi connectivity index (χ0n) is 11.5. The Morgan fingerprint density at radius 1 is 1.44 bits per heavy atom. The van der Waals surface area contributed by atoms with Crippen molar-refractivity contribution in [3.05, 3.63) is 0 Å². The minimum absolute atomic E-state index is 0.722. The fraction of sp³-hybridized carbons (Fsp3) is 1.00. The highest BCUT2D eigenvalue weighted by molar-refractivity contribution is 7.99. The number of piperidine rings is 1. The van der Waals surface area contributed by atoms with E-state index in [1.807, 2.05) is 11.8 Å². The maximum Gasteiger partial charge on any atom is 0.0120 e. The molecule has 0 spiro atoms. The van der Waals surface area contributed by atoms with Crippen LogP contribution in [0.2, 0.25) is 0 Å². The molecule has 3 heteroatoms. The molecule has 0 saturated carbocycles. The highest BCUT2D eigenvalue weighted by Gasteiger charge is 2.28. The molecule has 1 N–H and O–H groups in total. The van der Waals surface area contributed by atoms with Crippen LogP contribution < -0.4 is 5.32 Å². The fourth-order valence-corrected chi connectivity index (χ4v) is 2.77. The fourth-order valence-electron chi connectivity index (χ4n) is 2.42. The van der Waals surface area contributed by atoms with Crippen LogP contribution in [-0.4, -0.2) is 48.6 Å². The Bertz CT molecular complexity index is 198. The van der Waals surface area contributed by atoms with Gasteiger partial charge in [-0.2, -0.15) is 11.8 Å². The lowest BCUT2D eigenvalue weighted by atomic mass is 9.90. The van der Waals surface area contributed by atoms with E-state index in [1.165, 1.54) is 25.9 Å². The summed E-state index contributed by atoms with van der Waals surface area (Å²) in [5.41, 5.74) is 0. The summed E-state index contributed by atoms with van der Waals surface area (Å²) in [6, 6.07) is 1.45. The van der Waals surface area contributed by atoms with Gasteiger partial charge < -0.3 is 10.2 Å². The summed E-state index contributed by atoms with van der Waals surface area (Å²) in [5.74, 6) is 0.783. The van der Waals surface area contributed by atoms with Gasteiger partial charge in [-0.1, -0.05) is 13.8 Å². The lowest BCUT2D eigenvalue weighted by Crippen LogP contribution is -2.51. The van der Waals surface area contributed by atoms with Crippen molar-refractivity contribution in [1.29, 1.82) is 0 Å². The van der Waals surface area contributed by atoms with Crippen LogP contribution in [0.25, 0.3) is 0 Å². The van der Waals surface area contributed by atoms with E-state index in [1.54, 1.807) is 0 Å². The van der Waals surface area contributed by atoms with E-state index in [2.05, 4.69) is 44.3 Å². The summed E-state index contributed by atoms with van der Waals surface area (Å²) in [4.78, 5) is 2.48. The van der Waals surface area contributed by atoms with Crippen molar-refractivity contribution in [2.45, 2.75) is 50.9 Å². The minimum Gasteiger partial charge on any atom is -0.314 e. The molecule has 1 saturated heterocycles. The van der Waals surface area contributed by atoms with Crippen molar-refractivity contribution >= 4 is 11.8 Å². The molecule has 1 aliphatic rings. The lowest BCUT2D eigenvalue weighted by Gasteiger charge is -2.40. The van der Waals surface area contributed by atoms with E-state index >= 15 is 0 Å². The molecule has 0 aromatic heterocycles. The Kier molecular flexibility index (Phi) is 6.16. The van der Waals surface area contributed by atoms with Crippen LogP contribution in [-0.2, 0) is 0 Å². The van der Waals surface area contributed by atoms with Crippen LogP contribution in [0.1, 0.15) is 33.6 Å². The summed E-state index contributed by atoms with van der Waals surface area (Å²) in [7, 11) is 2.24. The molecule has 1 rings (SSSR count). The third-order valence-corrected chi connectivity index (χ3v) is 5.01. The monoisotopic (exact) mass is 244 g/mol. The van der Waals surface area contributed by atoms with E-state index in [4.69, 9.17) is 0 Å². The molecule has 1 aliphatic heterocycles. The molecule has 1 fully saturated rings. The van der Waals surface area contributed by atoms with Gasteiger partial charge in [-0.3, -0.25) is 0 Å². The maximum atomic E-state index is 3.75. The van der Waals surface area contributed by atoms with E-state index in [-0.39, 0.29) is 0 Å². The molecule has 2 nitrogen and oxygen atoms in total. The SMILES string of the molecule is CSC(C)CCNC1CC(C)N(C)CC1C. The summed E-state index contributed by atoms with van der Waals surface area (Å²) in [6.07, 6.45) is 4.78. The van der Waals surface area contributed by atoms with E-state index in [9.17, 15) is 0 Å². The van der Waals surface area contributed by atoms with Crippen molar-refractivity contribution in [1.82, 2.24) is 10.2 Å². The van der Waals surface area contributed by atoms with Gasteiger partial charge in [0.25, 0.3) is 0 Å². The summed E-state index contributed by atoms with van der Waals surface area (Å²) >= 11 is 1.96. The normalized spacial score (nSPS) is 33.9. The molecule has 96 valence electrons. The lowest BCUT2D eigenvalue weighted by molar-refractivity contribution is 0.122. The van der Waals surface area contributed by atoms with Gasteiger partial charge in [-0.15, -0.1) is 0 Å². The molecule has 0 amide bonds. The molecule has 1 heterocycles. The van der Waals surface area contributed by atoms with Gasteiger partial charge in [0.1, 0.15) is 0 Å². The van der Waals surface area contributed by atoms with Crippen molar-refractivity contribution in [3.8, 4) is 0 Å². The first-order valence-corrected chi connectivity index (χ1v) is 7.79. The van der Waals surface area contributed by atoms with Gasteiger partial charge in [0.15, 0.2) is 0 Å². The minimum atomic E-state index is 0.722. The van der Waals surface area contributed by atoms with Crippen molar-refractivity contribution in [3.63, 3.8) is 0 Å². The third-order valence-electron chi connectivity index (χ3n) is 3.97. The van der Waals surface area contributed by atoms with Crippen molar-refractivity contribution < 1.29 is 0 Å². The van der Waals surface area contributed by atoms with E-state index in [0.29, 0.717) is 0 Å². The largest absolute Gasteiger partial charge is 0.314 e. The Balaban J connectivity index is 2.25. The Labute approximate surface area is 106 Å². The molecule has 0 aliphatic carbocycles. The molecule has 0 aromatic carbocycles. The molecule has 0 bridgehead atoms. The second-order valence-corrected chi connectivity index (χ2v) is 6.67. The van der Waals surface area contributed by atoms with Crippen LogP contribution in [0.5, 0.6) is 0 Å². The molecular weight excluding hydrogens is 216 g/mol. The van der Waals surface area contributed by atoms with Crippen LogP contribution in [0.3, 0.4) is 0 Å². The van der Waals surface area contributed by atoms with Gasteiger partial charge in [-0.25, -0.2) is 0 Å². The third kappa shape index (κ3) is 4.27. The highest BCUT2D eigenvalue weighted by Crippen LogP contribution is 2.20. The average Bonchev–Trinajstić information content (AvgIpc) is 2.25. The van der Waals surface area contributed by atoms with Crippen LogP contribution in [0.15, 0.2) is 0 Å². The predicted octanol–water partition coefficient (Wildman–Crippen LogP) is 2.45. The zero-order chi connectivity index (χ0) is 12.1. The number of nitrogens with zero attached hydrogens (tertiary/aromatic N) is 1. The number of nitrogens with one attached hydrogen (secondary N) is 1. The molecule has 4 unspecified atom stereocenters. The molecular formula is C13H28N2S. The Morgan fingerprint density at radius 3 is 2.75 bits per heavy atom. The van der Waals surface area contributed by atoms with Gasteiger partial charge in [0, 0.05) is 23.9 Å². The van der Waals surface area contributed by atoms with E-state index < -0.39 is 0 Å². The van der Waals surface area contributed by atoms with Crippen LogP contribution in [0, 0.1) is 5.92 Å². The van der Waals surface area contributed by atoms with Crippen molar-refractivity contribution in [2.24, 2.45) is 5.92 Å². The second-order valence-electron chi connectivity index (χ2n) is 5.40. The Hall–Kier alpha value is 0.270. The smallest absolute Gasteiger partial charge is 0.0120 e. The number of hydrogen-bond acceptors (Lipinski definition) is 3. The topological polar surface area (TPSA) is 15.3 Å². The van der Waals surface area contributed by atoms with Gasteiger partial charge in [0.05, 0.1) is 0 Å². The summed E-state index contributed by atoms with van der Waals surface area (Å²) in [5, 5.41) is 4.53. The first-order chi connectivity index (χ1) is 7.54. The average molecular weight is 244 g/mol. The van der Waals surface area contributed by atoms with Crippen LogP contribution in [0.4, 0.5) is 0 Å². The number of hydrogen-bond donors (Lipinski definition) is 1. The first kappa shape index (κ1) is 14.3. The number of thioether (sulfide) groups is 1. The summed E-state index contributed by atoms with van der Waals surface area (Å²) < 4.78 is 0. The van der Waals surface area contributed by atoms with Crippen molar-refractivity contribution in [2.75, 3.05) is 26.4 Å². The predicted molar refractivity (Wildman–Crippen MR) is 75.3 cm³/mol. The Morgan fingerprint density at radius 2 is 2.12 bits per heavy atom. The molecule has 16 heavy (non-hydrogen) atoms. The van der Waals surface area contributed by atoms with Crippen LogP contribution >= 0.6 is 11.8 Å². The number of rotatable bonds is 5. The first-order valence-electron chi connectivity index (χ1n) is 6.51. The van der Waals surface area contributed by atoms with Gasteiger partial charge in [-0.05, 0) is 45.5 Å². The van der Waals surface area contributed by atoms with Gasteiger partial charge >= 0.3 is 0 Å². The second kappa shape index (κ2) is 6.87. The maximum absolute atomic E-state index is 3.75. The summed E-state index contributed by atoms with van der Waals surface area (Å²) in [6.45, 7) is 9.43. The van der Waals surface area contributed by atoms with E-state index in [0.717, 1.165) is 23.3 Å². The quantitative estimate of drug-likeness (QED) is 0.800. The molecule has 4 atom stereocenters. The van der Waals surface area contributed by atoms with Gasteiger partial charge in [0.2, 0.25) is 0 Å². The molecule has 0 radical (unpaired) electrons. The highest BCUT2D eigenvalue weighted by atomic mass is 32.2. The molecule has 0 aromatic rings. The standard InChI is InChI=1S/C13H28N2S/c1-10-9-15(4)11(2)8-13(10)14-7-6-12(3)16-5/h10-14H,6-9H2,1-5H3.